The van der Waals surface area contributed by atoms with Crippen LogP contribution in [-0.4, -0.2) is 46.6 Å². The van der Waals surface area contributed by atoms with E-state index in [1.54, 1.807) is 12.2 Å². The van der Waals surface area contributed by atoms with Crippen molar-refractivity contribution in [3.63, 3.8) is 0 Å². The number of halogens is 1. The topological polar surface area (TPSA) is 76.0 Å². The van der Waals surface area contributed by atoms with Crippen molar-refractivity contribution in [1.82, 2.24) is 0 Å². The highest BCUT2D eigenvalue weighted by Crippen LogP contribution is 2.71. The molecule has 8 atom stereocenters. The largest absolute Gasteiger partial charge is 0.498 e. The standard InChI is InChI=1S/C26H37FO5/c1-6-31-15-22(32-7-2)26(30)16(3)12-20-19-9-8-17-13-18(28)10-11-23(17,4)25(19,27)21(29)14-24(20,26)5/h10-11,13,15-16,19-21,29-30H,6-9,12,14H2,1-5H3/b22-15+/t16-,19+,20+,21+,23+,24+,25+,26+/m1/s1. The number of aliphatic hydroxyl groups is 2. The van der Waals surface area contributed by atoms with E-state index in [9.17, 15) is 15.0 Å². The van der Waals surface area contributed by atoms with Crippen LogP contribution in [0.1, 0.15) is 60.3 Å². The summed E-state index contributed by atoms with van der Waals surface area (Å²) >= 11 is 0. The molecule has 5 nitrogen and oxygen atoms in total. The molecule has 0 aromatic heterocycles. The number of carbonyl (C=O) groups is 1. The van der Waals surface area contributed by atoms with Crippen LogP contribution < -0.4 is 0 Å². The van der Waals surface area contributed by atoms with Gasteiger partial charge in [0.1, 0.15) is 11.9 Å². The molecule has 0 radical (unpaired) electrons. The van der Waals surface area contributed by atoms with Crippen LogP contribution in [0.2, 0.25) is 0 Å². The predicted molar refractivity (Wildman–Crippen MR) is 119 cm³/mol. The van der Waals surface area contributed by atoms with Gasteiger partial charge in [-0.25, -0.2) is 4.39 Å². The molecule has 0 heterocycles. The van der Waals surface area contributed by atoms with Crippen LogP contribution in [0.15, 0.2) is 35.8 Å². The summed E-state index contributed by atoms with van der Waals surface area (Å²) in [4.78, 5) is 12.0. The number of fused-ring (bicyclic) bond motifs is 5. The van der Waals surface area contributed by atoms with Crippen molar-refractivity contribution in [2.24, 2.45) is 28.6 Å². The minimum Gasteiger partial charge on any atom is -0.498 e. The fourth-order valence-electron chi connectivity index (χ4n) is 7.62. The van der Waals surface area contributed by atoms with Gasteiger partial charge in [-0.1, -0.05) is 25.5 Å². The van der Waals surface area contributed by atoms with Gasteiger partial charge >= 0.3 is 0 Å². The fourth-order valence-corrected chi connectivity index (χ4v) is 7.62. The minimum absolute atomic E-state index is 0.104. The normalized spacial score (nSPS) is 47.9. The second kappa shape index (κ2) is 7.69. The first-order valence-electron chi connectivity index (χ1n) is 12.0. The lowest BCUT2D eigenvalue weighted by Crippen LogP contribution is -2.68. The molecule has 178 valence electrons. The van der Waals surface area contributed by atoms with Gasteiger partial charge in [0.2, 0.25) is 0 Å². The van der Waals surface area contributed by atoms with Crippen LogP contribution in [-0.2, 0) is 14.3 Å². The van der Waals surface area contributed by atoms with Gasteiger partial charge in [-0.15, -0.1) is 0 Å². The Morgan fingerprint density at radius 3 is 2.66 bits per heavy atom. The molecule has 0 spiro atoms. The van der Waals surface area contributed by atoms with Crippen LogP contribution >= 0.6 is 0 Å². The lowest BCUT2D eigenvalue weighted by molar-refractivity contribution is -0.219. The third kappa shape index (κ3) is 2.78. The highest BCUT2D eigenvalue weighted by Gasteiger charge is 2.75. The Kier molecular flexibility index (Phi) is 5.65. The molecule has 4 rings (SSSR count). The maximum absolute atomic E-state index is 17.2. The Labute approximate surface area is 190 Å². The molecule has 6 heteroatoms. The summed E-state index contributed by atoms with van der Waals surface area (Å²) in [6, 6.07) is 0. The Hall–Kier alpha value is -1.66. The Morgan fingerprint density at radius 1 is 1.28 bits per heavy atom. The summed E-state index contributed by atoms with van der Waals surface area (Å²) in [5.74, 6) is -0.545. The smallest absolute Gasteiger partial charge is 0.178 e. The number of alkyl halides is 1. The van der Waals surface area contributed by atoms with E-state index < -0.39 is 34.1 Å². The number of carbonyl (C=O) groups excluding carboxylic acids is 1. The second-order valence-electron chi connectivity index (χ2n) is 10.5. The van der Waals surface area contributed by atoms with E-state index >= 15 is 4.39 Å². The lowest BCUT2D eigenvalue weighted by Gasteiger charge is -2.62. The molecule has 0 aromatic carbocycles. The molecular formula is C26H37FO5. The third-order valence-electron chi connectivity index (χ3n) is 9.26. The summed E-state index contributed by atoms with van der Waals surface area (Å²) in [6.07, 6.45) is 6.73. The first-order valence-corrected chi connectivity index (χ1v) is 12.0. The number of ketones is 1. The molecule has 4 aliphatic rings. The van der Waals surface area contributed by atoms with E-state index in [2.05, 4.69) is 0 Å². The highest BCUT2D eigenvalue weighted by atomic mass is 19.1. The second-order valence-corrected chi connectivity index (χ2v) is 10.5. The quantitative estimate of drug-likeness (QED) is 0.615. The molecule has 32 heavy (non-hydrogen) atoms. The molecule has 2 N–H and O–H groups in total. The van der Waals surface area contributed by atoms with E-state index in [1.165, 1.54) is 12.3 Å². The zero-order chi connectivity index (χ0) is 23.5. The fraction of sp³-hybridized carbons (Fsp3) is 0.731. The van der Waals surface area contributed by atoms with E-state index in [-0.39, 0.29) is 24.0 Å². The van der Waals surface area contributed by atoms with Gasteiger partial charge in [0.25, 0.3) is 0 Å². The molecule has 3 fully saturated rings. The molecule has 0 saturated heterocycles. The van der Waals surface area contributed by atoms with Crippen LogP contribution in [0.5, 0.6) is 0 Å². The predicted octanol–water partition coefficient (Wildman–Crippen LogP) is 4.25. The zero-order valence-electron chi connectivity index (χ0n) is 19.9. The van der Waals surface area contributed by atoms with Gasteiger partial charge in [-0.3, -0.25) is 4.79 Å². The average molecular weight is 449 g/mol. The summed E-state index contributed by atoms with van der Waals surface area (Å²) in [7, 11) is 0. The Morgan fingerprint density at radius 2 is 2.00 bits per heavy atom. The number of hydrogen-bond donors (Lipinski definition) is 2. The summed E-state index contributed by atoms with van der Waals surface area (Å²) in [5, 5.41) is 23.6. The van der Waals surface area contributed by atoms with E-state index in [1.807, 2.05) is 34.6 Å². The van der Waals surface area contributed by atoms with Gasteiger partial charge < -0.3 is 19.7 Å². The number of ether oxygens (including phenoxy) is 2. The molecule has 0 unspecified atom stereocenters. The molecule has 0 aliphatic heterocycles. The van der Waals surface area contributed by atoms with Crippen molar-refractivity contribution in [1.29, 1.82) is 0 Å². The van der Waals surface area contributed by atoms with Crippen LogP contribution in [0.4, 0.5) is 4.39 Å². The van der Waals surface area contributed by atoms with Crippen molar-refractivity contribution in [2.45, 2.75) is 77.7 Å². The monoisotopic (exact) mass is 448 g/mol. The van der Waals surface area contributed by atoms with Crippen LogP contribution in [0.3, 0.4) is 0 Å². The van der Waals surface area contributed by atoms with E-state index in [0.717, 1.165) is 5.57 Å². The van der Waals surface area contributed by atoms with Gasteiger partial charge in [0.05, 0.1) is 19.3 Å². The maximum Gasteiger partial charge on any atom is 0.178 e. The van der Waals surface area contributed by atoms with Crippen molar-refractivity contribution >= 4 is 5.78 Å². The third-order valence-corrected chi connectivity index (χ3v) is 9.26. The maximum atomic E-state index is 17.2. The number of rotatable bonds is 5. The summed E-state index contributed by atoms with van der Waals surface area (Å²) < 4.78 is 28.6. The minimum atomic E-state index is -1.90. The first kappa shape index (κ1) is 23.5. The van der Waals surface area contributed by atoms with Crippen LogP contribution in [0.25, 0.3) is 0 Å². The molecule has 4 aliphatic carbocycles. The average Bonchev–Trinajstić information content (AvgIpc) is 2.94. The number of allylic oxidation sites excluding steroid dienone is 4. The van der Waals surface area contributed by atoms with Gasteiger partial charge in [-0.05, 0) is 70.4 Å². The summed E-state index contributed by atoms with van der Waals surface area (Å²) in [6.45, 7) is 10.3. The van der Waals surface area contributed by atoms with Gasteiger partial charge in [0.15, 0.2) is 17.2 Å². The van der Waals surface area contributed by atoms with Crippen molar-refractivity contribution in [2.75, 3.05) is 13.2 Å². The van der Waals surface area contributed by atoms with Gasteiger partial charge in [-0.2, -0.15) is 0 Å². The van der Waals surface area contributed by atoms with Crippen molar-refractivity contribution in [3.05, 3.63) is 35.8 Å². The molecule has 0 amide bonds. The van der Waals surface area contributed by atoms with E-state index in [4.69, 9.17) is 9.47 Å². The van der Waals surface area contributed by atoms with Crippen LogP contribution in [0, 0.1) is 28.6 Å². The Balaban J connectivity index is 1.81. The first-order chi connectivity index (χ1) is 15.0. The molecule has 0 aromatic rings. The van der Waals surface area contributed by atoms with E-state index in [0.29, 0.717) is 38.2 Å². The molecule has 3 saturated carbocycles. The molecule has 0 bridgehead atoms. The number of hydrogen-bond acceptors (Lipinski definition) is 5. The molecular weight excluding hydrogens is 411 g/mol. The van der Waals surface area contributed by atoms with Crippen molar-refractivity contribution < 1.29 is 28.9 Å². The zero-order valence-corrected chi connectivity index (χ0v) is 19.9. The lowest BCUT2D eigenvalue weighted by atomic mass is 9.44. The highest BCUT2D eigenvalue weighted by molar-refractivity contribution is 6.01. The number of aliphatic hydroxyl groups excluding tert-OH is 1. The van der Waals surface area contributed by atoms with Gasteiger partial charge in [0, 0.05) is 16.7 Å². The van der Waals surface area contributed by atoms with Crippen molar-refractivity contribution in [3.8, 4) is 0 Å². The Bertz CT molecular complexity index is 879. The summed E-state index contributed by atoms with van der Waals surface area (Å²) in [5.41, 5.74) is -4.33. The SMILES string of the molecule is CCO/C=C(/OCC)[C@@]1(O)[C@H](C)C[C@H]2[C@@H]3CCC4=CC(=O)C=C[C@]4(C)[C@@]3(F)[C@@H](O)C[C@@]21C.